The second kappa shape index (κ2) is 9.86. The molecule has 102 valence electrons. The smallest absolute Gasteiger partial charge is 0.361 e. The van der Waals surface area contributed by atoms with Gasteiger partial charge in [0, 0.05) is 13.2 Å². The van der Waals surface area contributed by atoms with Gasteiger partial charge >= 0.3 is 8.56 Å². The van der Waals surface area contributed by atoms with Crippen LogP contribution >= 0.6 is 0 Å². The standard InChI is InChI=1S/C14H30O2Si/c1-6-8-9-10-12-15-17(5,7-2)16-13-11-14(3)4/h7,14H,2,6,8-13H2,1,3-5H3. The third-order valence-corrected chi connectivity index (χ3v) is 5.14. The first kappa shape index (κ1) is 16.9. The molecule has 17 heavy (non-hydrogen) atoms. The van der Waals surface area contributed by atoms with Gasteiger partial charge in [0.15, 0.2) is 0 Å². The summed E-state index contributed by atoms with van der Waals surface area (Å²) in [5.74, 6) is 0.683. The lowest BCUT2D eigenvalue weighted by Crippen LogP contribution is -2.37. The minimum atomic E-state index is -2.09. The van der Waals surface area contributed by atoms with Gasteiger partial charge < -0.3 is 8.85 Å². The van der Waals surface area contributed by atoms with Crippen molar-refractivity contribution in [3.05, 3.63) is 12.3 Å². The van der Waals surface area contributed by atoms with Crippen LogP contribution in [-0.4, -0.2) is 21.8 Å². The molecule has 2 nitrogen and oxygen atoms in total. The molecule has 3 heteroatoms. The highest BCUT2D eigenvalue weighted by Crippen LogP contribution is 2.12. The fourth-order valence-corrected chi connectivity index (χ4v) is 2.85. The van der Waals surface area contributed by atoms with Crippen molar-refractivity contribution in [2.45, 2.75) is 59.4 Å². The number of hydrogen-bond acceptors (Lipinski definition) is 2. The first-order valence-electron chi connectivity index (χ1n) is 6.95. The predicted octanol–water partition coefficient (Wildman–Crippen LogP) is 4.44. The molecule has 0 N–H and O–H groups in total. The Balaban J connectivity index is 3.73. The lowest BCUT2D eigenvalue weighted by molar-refractivity contribution is 0.173. The van der Waals surface area contributed by atoms with Crippen LogP contribution in [0.25, 0.3) is 0 Å². The van der Waals surface area contributed by atoms with E-state index in [1.807, 2.05) is 5.70 Å². The van der Waals surface area contributed by atoms with Gasteiger partial charge in [-0.05, 0) is 31.0 Å². The Hall–Kier alpha value is -0.123. The van der Waals surface area contributed by atoms with Crippen LogP contribution in [0.1, 0.15) is 52.9 Å². The molecule has 0 saturated carbocycles. The van der Waals surface area contributed by atoms with E-state index in [-0.39, 0.29) is 0 Å². The van der Waals surface area contributed by atoms with E-state index in [0.29, 0.717) is 5.92 Å². The van der Waals surface area contributed by atoms with Crippen LogP contribution in [0.2, 0.25) is 6.55 Å². The van der Waals surface area contributed by atoms with Gasteiger partial charge in [0.2, 0.25) is 0 Å². The average molecular weight is 258 g/mol. The van der Waals surface area contributed by atoms with Crippen molar-refractivity contribution in [3.8, 4) is 0 Å². The molecule has 0 spiro atoms. The number of hydrogen-bond donors (Lipinski definition) is 0. The monoisotopic (exact) mass is 258 g/mol. The Labute approximate surface area is 109 Å². The summed E-state index contributed by atoms with van der Waals surface area (Å²) >= 11 is 0. The molecule has 0 radical (unpaired) electrons. The molecule has 0 aromatic carbocycles. The summed E-state index contributed by atoms with van der Waals surface area (Å²) in [6.45, 7) is 14.2. The Kier molecular flexibility index (Phi) is 9.79. The third-order valence-electron chi connectivity index (χ3n) is 2.84. The van der Waals surface area contributed by atoms with Crippen molar-refractivity contribution in [2.24, 2.45) is 5.92 Å². The zero-order valence-corrected chi connectivity index (χ0v) is 13.1. The fourth-order valence-electron chi connectivity index (χ4n) is 1.46. The summed E-state index contributed by atoms with van der Waals surface area (Å²) in [5.41, 5.74) is 1.90. The summed E-state index contributed by atoms with van der Waals surface area (Å²) in [6, 6.07) is 0. The fraction of sp³-hybridized carbons (Fsp3) is 0.857. The van der Waals surface area contributed by atoms with Crippen LogP contribution in [-0.2, 0) is 8.85 Å². The Bertz CT molecular complexity index is 195. The van der Waals surface area contributed by atoms with Crippen molar-refractivity contribution in [2.75, 3.05) is 13.2 Å². The molecule has 1 unspecified atom stereocenters. The first-order chi connectivity index (χ1) is 8.04. The average Bonchev–Trinajstić information content (AvgIpc) is 2.28. The van der Waals surface area contributed by atoms with Gasteiger partial charge in [-0.2, -0.15) is 0 Å². The Morgan fingerprint density at radius 3 is 2.29 bits per heavy atom. The summed E-state index contributed by atoms with van der Waals surface area (Å²) in [4.78, 5) is 0. The maximum atomic E-state index is 5.91. The molecule has 0 aromatic heterocycles. The molecule has 0 fully saturated rings. The van der Waals surface area contributed by atoms with Gasteiger partial charge in [0.25, 0.3) is 0 Å². The van der Waals surface area contributed by atoms with Gasteiger partial charge in [-0.1, -0.05) is 40.0 Å². The highest BCUT2D eigenvalue weighted by molar-refractivity contribution is 6.71. The summed E-state index contributed by atoms with van der Waals surface area (Å²) in [6.07, 6.45) is 6.04. The Morgan fingerprint density at radius 2 is 1.76 bits per heavy atom. The molecule has 0 aliphatic rings. The predicted molar refractivity (Wildman–Crippen MR) is 77.3 cm³/mol. The zero-order valence-electron chi connectivity index (χ0n) is 12.1. The minimum absolute atomic E-state index is 0.683. The zero-order chi connectivity index (χ0) is 13.1. The second-order valence-corrected chi connectivity index (χ2v) is 8.18. The van der Waals surface area contributed by atoms with Gasteiger partial charge in [0.1, 0.15) is 0 Å². The van der Waals surface area contributed by atoms with Crippen molar-refractivity contribution in [1.82, 2.24) is 0 Å². The van der Waals surface area contributed by atoms with Crippen molar-refractivity contribution < 1.29 is 8.85 Å². The highest BCUT2D eigenvalue weighted by Gasteiger charge is 2.27. The lowest BCUT2D eigenvalue weighted by atomic mass is 10.2. The summed E-state index contributed by atoms with van der Waals surface area (Å²) in [5, 5.41) is 0. The van der Waals surface area contributed by atoms with Crippen molar-refractivity contribution in [1.29, 1.82) is 0 Å². The summed E-state index contributed by atoms with van der Waals surface area (Å²) in [7, 11) is -2.09. The van der Waals surface area contributed by atoms with E-state index in [0.717, 1.165) is 26.1 Å². The second-order valence-electron chi connectivity index (χ2n) is 5.16. The first-order valence-corrected chi connectivity index (χ1v) is 9.35. The van der Waals surface area contributed by atoms with E-state index in [1.165, 1.54) is 19.3 Å². The largest absolute Gasteiger partial charge is 0.391 e. The van der Waals surface area contributed by atoms with E-state index >= 15 is 0 Å². The van der Waals surface area contributed by atoms with Crippen LogP contribution in [0, 0.1) is 5.92 Å². The summed E-state index contributed by atoms with van der Waals surface area (Å²) < 4.78 is 11.8. The molecule has 0 amide bonds. The molecular weight excluding hydrogens is 228 g/mol. The molecule has 1 atom stereocenters. The number of unbranched alkanes of at least 4 members (excludes halogenated alkanes) is 3. The maximum Gasteiger partial charge on any atom is 0.361 e. The molecular formula is C14H30O2Si. The van der Waals surface area contributed by atoms with Crippen molar-refractivity contribution >= 4 is 8.56 Å². The quantitative estimate of drug-likeness (QED) is 0.403. The van der Waals surface area contributed by atoms with E-state index in [1.54, 1.807) is 0 Å². The Morgan fingerprint density at radius 1 is 1.12 bits per heavy atom. The molecule has 0 rings (SSSR count). The molecule has 0 aromatic rings. The minimum Gasteiger partial charge on any atom is -0.391 e. The highest BCUT2D eigenvalue weighted by atomic mass is 28.4. The van der Waals surface area contributed by atoms with E-state index < -0.39 is 8.56 Å². The maximum absolute atomic E-state index is 5.91. The normalized spacial score (nSPS) is 14.9. The van der Waals surface area contributed by atoms with Gasteiger partial charge in [0.05, 0.1) is 0 Å². The van der Waals surface area contributed by atoms with Crippen LogP contribution < -0.4 is 0 Å². The lowest BCUT2D eigenvalue weighted by Gasteiger charge is -2.24. The van der Waals surface area contributed by atoms with Crippen LogP contribution in [0.15, 0.2) is 12.3 Å². The molecule has 0 heterocycles. The van der Waals surface area contributed by atoms with E-state index in [9.17, 15) is 0 Å². The molecule has 0 aliphatic heterocycles. The van der Waals surface area contributed by atoms with Crippen LogP contribution in [0.3, 0.4) is 0 Å². The third kappa shape index (κ3) is 9.57. The van der Waals surface area contributed by atoms with Crippen molar-refractivity contribution in [3.63, 3.8) is 0 Å². The van der Waals surface area contributed by atoms with E-state index in [4.69, 9.17) is 8.85 Å². The van der Waals surface area contributed by atoms with Gasteiger partial charge in [-0.15, -0.1) is 6.58 Å². The van der Waals surface area contributed by atoms with Gasteiger partial charge in [-0.3, -0.25) is 0 Å². The SMILES string of the molecule is C=C[Si](C)(OCCCCCC)OCCC(C)C. The molecule has 0 saturated heterocycles. The topological polar surface area (TPSA) is 18.5 Å². The van der Waals surface area contributed by atoms with Crippen LogP contribution in [0.5, 0.6) is 0 Å². The molecule has 0 bridgehead atoms. The number of rotatable bonds is 11. The molecule has 0 aliphatic carbocycles. The van der Waals surface area contributed by atoms with Gasteiger partial charge in [-0.25, -0.2) is 0 Å². The van der Waals surface area contributed by atoms with Crippen LogP contribution in [0.4, 0.5) is 0 Å². The van der Waals surface area contributed by atoms with E-state index in [2.05, 4.69) is 33.9 Å².